The fraction of sp³-hybridized carbons (Fsp3) is 0.565. The summed E-state index contributed by atoms with van der Waals surface area (Å²) >= 11 is 1.57. The molecule has 3 saturated heterocycles. The predicted octanol–water partition coefficient (Wildman–Crippen LogP) is 2.99. The smallest absolute Gasteiger partial charge is 0.282 e. The van der Waals surface area contributed by atoms with Crippen LogP contribution in [-0.2, 0) is 10.2 Å². The Morgan fingerprint density at radius 3 is 2.67 bits per heavy atom. The summed E-state index contributed by atoms with van der Waals surface area (Å²) in [5.41, 5.74) is 0.958. The summed E-state index contributed by atoms with van der Waals surface area (Å²) < 4.78 is 30.1. The number of hydrogen-bond donors (Lipinski definition) is 2. The number of H-pyrrole nitrogens is 1. The zero-order valence-electron chi connectivity index (χ0n) is 20.3. The van der Waals surface area contributed by atoms with E-state index in [0.717, 1.165) is 48.0 Å². The molecule has 3 aromatic heterocycles. The van der Waals surface area contributed by atoms with E-state index in [9.17, 15) is 8.42 Å². The van der Waals surface area contributed by atoms with E-state index >= 15 is 0 Å². The molecular weight excluding hydrogens is 498 g/mol. The van der Waals surface area contributed by atoms with Gasteiger partial charge in [0.2, 0.25) is 5.95 Å². The van der Waals surface area contributed by atoms with Crippen molar-refractivity contribution in [1.29, 1.82) is 5.26 Å². The lowest BCUT2D eigenvalue weighted by molar-refractivity contribution is 0.0930. The Labute approximate surface area is 214 Å². The Balaban J connectivity index is 1.24. The number of rotatable bonds is 6. The number of aromatic amines is 1. The number of piperidine rings is 2. The topological polar surface area (TPSA) is 134 Å². The third-order valence-electron chi connectivity index (χ3n) is 7.63. The minimum Gasteiger partial charge on any atom is -0.341 e. The zero-order valence-corrected chi connectivity index (χ0v) is 21.9. The van der Waals surface area contributed by atoms with Crippen molar-refractivity contribution in [2.24, 2.45) is 5.92 Å². The van der Waals surface area contributed by atoms with Gasteiger partial charge in [0.25, 0.3) is 10.2 Å². The molecule has 190 valence electrons. The van der Waals surface area contributed by atoms with E-state index < -0.39 is 10.2 Å². The van der Waals surface area contributed by atoms with Gasteiger partial charge in [-0.3, -0.25) is 5.10 Å². The normalized spacial score (nSPS) is 25.4. The van der Waals surface area contributed by atoms with Crippen LogP contribution in [0, 0.1) is 24.2 Å². The summed E-state index contributed by atoms with van der Waals surface area (Å²) in [5, 5.41) is 22.6. The molecule has 0 aliphatic carbocycles. The van der Waals surface area contributed by atoms with Crippen LogP contribution in [0.2, 0.25) is 0 Å². The number of fused-ring (bicyclic) bond motifs is 3. The summed E-state index contributed by atoms with van der Waals surface area (Å²) in [5.74, 6) is 1.84. The Morgan fingerprint density at radius 1 is 1.25 bits per heavy atom. The Morgan fingerprint density at radius 2 is 2.00 bits per heavy atom. The van der Waals surface area contributed by atoms with Gasteiger partial charge >= 0.3 is 0 Å². The third kappa shape index (κ3) is 4.02. The molecule has 0 saturated carbocycles. The predicted molar refractivity (Wildman–Crippen MR) is 138 cm³/mol. The highest BCUT2D eigenvalue weighted by molar-refractivity contribution is 7.86. The number of aromatic nitrogens is 4. The van der Waals surface area contributed by atoms with Crippen LogP contribution in [0.15, 0.2) is 17.5 Å². The molecule has 0 aromatic carbocycles. The molecular formula is C23H29N9O2S2. The first-order valence-corrected chi connectivity index (χ1v) is 14.6. The largest absolute Gasteiger partial charge is 0.341 e. The monoisotopic (exact) mass is 527 g/mol. The van der Waals surface area contributed by atoms with E-state index in [4.69, 9.17) is 15.2 Å². The van der Waals surface area contributed by atoms with Crippen LogP contribution in [0.1, 0.15) is 37.8 Å². The van der Waals surface area contributed by atoms with Gasteiger partial charge in [-0.05, 0) is 44.1 Å². The van der Waals surface area contributed by atoms with E-state index in [1.807, 2.05) is 31.5 Å². The highest BCUT2D eigenvalue weighted by Gasteiger charge is 2.50. The fourth-order valence-corrected chi connectivity index (χ4v) is 8.61. The van der Waals surface area contributed by atoms with E-state index in [2.05, 4.69) is 26.5 Å². The minimum atomic E-state index is -3.55. The molecule has 3 aliphatic heterocycles. The number of nitrogens with one attached hydrogen (secondary N) is 2. The first-order valence-electron chi connectivity index (χ1n) is 12.3. The number of aryl methyl sites for hydroxylation is 1. The maximum Gasteiger partial charge on any atom is 0.282 e. The summed E-state index contributed by atoms with van der Waals surface area (Å²) in [6.07, 6.45) is 4.20. The van der Waals surface area contributed by atoms with Crippen molar-refractivity contribution in [2.45, 2.75) is 57.2 Å². The fourth-order valence-electron chi connectivity index (χ4n) is 5.71. The highest BCUT2D eigenvalue weighted by atomic mass is 32.2. The molecule has 0 amide bonds. The minimum absolute atomic E-state index is 0.0498. The average molecular weight is 528 g/mol. The molecule has 2 N–H and O–H groups in total. The molecule has 3 atom stereocenters. The number of nitrogens with zero attached hydrogens (tertiary/aromatic N) is 7. The van der Waals surface area contributed by atoms with Gasteiger partial charge in [0, 0.05) is 50.0 Å². The van der Waals surface area contributed by atoms with Gasteiger partial charge < -0.3 is 10.2 Å². The second-order valence-electron chi connectivity index (χ2n) is 10.0. The molecule has 6 heterocycles. The van der Waals surface area contributed by atoms with Gasteiger partial charge in [-0.1, -0.05) is 6.42 Å². The lowest BCUT2D eigenvalue weighted by atomic mass is 9.83. The zero-order chi connectivity index (χ0) is 25.0. The van der Waals surface area contributed by atoms with Crippen molar-refractivity contribution in [2.75, 3.05) is 30.4 Å². The summed E-state index contributed by atoms with van der Waals surface area (Å²) in [4.78, 5) is 12.7. The lowest BCUT2D eigenvalue weighted by Gasteiger charge is -2.51. The van der Waals surface area contributed by atoms with E-state index in [1.165, 1.54) is 4.31 Å². The maximum atomic E-state index is 13.4. The van der Waals surface area contributed by atoms with Gasteiger partial charge in [0.15, 0.2) is 5.82 Å². The molecule has 0 unspecified atom stereocenters. The highest BCUT2D eigenvalue weighted by Crippen LogP contribution is 2.40. The second kappa shape index (κ2) is 8.95. The van der Waals surface area contributed by atoms with Gasteiger partial charge in [-0.15, -0.1) is 11.3 Å². The number of thiophene rings is 1. The van der Waals surface area contributed by atoms with Crippen molar-refractivity contribution in [3.63, 3.8) is 0 Å². The average Bonchev–Trinajstić information content (AvgIpc) is 3.45. The third-order valence-corrected chi connectivity index (χ3v) is 10.5. The van der Waals surface area contributed by atoms with Crippen molar-refractivity contribution >= 4 is 49.3 Å². The van der Waals surface area contributed by atoms with Gasteiger partial charge in [0.05, 0.1) is 17.4 Å². The first kappa shape index (κ1) is 23.6. The number of hydrogen-bond acceptors (Lipinski definition) is 9. The van der Waals surface area contributed by atoms with Gasteiger partial charge in [0.1, 0.15) is 10.6 Å². The van der Waals surface area contributed by atoms with Crippen molar-refractivity contribution in [3.05, 3.63) is 23.2 Å². The number of nitriles is 1. The van der Waals surface area contributed by atoms with Crippen LogP contribution in [0.4, 0.5) is 17.6 Å². The summed E-state index contributed by atoms with van der Waals surface area (Å²) in [7, 11) is -1.55. The van der Waals surface area contributed by atoms with E-state index in [0.29, 0.717) is 30.7 Å². The molecule has 2 bridgehead atoms. The van der Waals surface area contributed by atoms with Gasteiger partial charge in [-0.2, -0.15) is 32.4 Å². The SMILES string of the molecule is Cc1cc(Nc2nc(N(C)[C@@H]3C[C@H]4CCC[C@@H](C3)N4S(=O)(=O)N3CC(C#N)C3)nc3sccc23)n[nH]1. The Hall–Kier alpha value is -2.79. The quantitative estimate of drug-likeness (QED) is 0.500. The van der Waals surface area contributed by atoms with Crippen LogP contribution >= 0.6 is 11.3 Å². The second-order valence-corrected chi connectivity index (χ2v) is 12.8. The van der Waals surface area contributed by atoms with Crippen molar-refractivity contribution in [1.82, 2.24) is 28.8 Å². The molecule has 3 aliphatic rings. The van der Waals surface area contributed by atoms with Gasteiger partial charge in [-0.25, -0.2) is 4.98 Å². The first-order chi connectivity index (χ1) is 17.3. The molecule has 6 rings (SSSR count). The molecule has 11 nitrogen and oxygen atoms in total. The van der Waals surface area contributed by atoms with Crippen molar-refractivity contribution in [3.8, 4) is 6.07 Å². The molecule has 0 spiro atoms. The van der Waals surface area contributed by atoms with Crippen LogP contribution in [0.25, 0.3) is 10.2 Å². The van der Waals surface area contributed by atoms with E-state index in [1.54, 1.807) is 15.6 Å². The number of anilines is 3. The van der Waals surface area contributed by atoms with Crippen LogP contribution in [-0.4, -0.2) is 75.5 Å². The summed E-state index contributed by atoms with van der Waals surface area (Å²) in [6.45, 7) is 2.56. The molecule has 0 radical (unpaired) electrons. The summed E-state index contributed by atoms with van der Waals surface area (Å²) in [6, 6.07) is 6.14. The van der Waals surface area contributed by atoms with Crippen molar-refractivity contribution < 1.29 is 8.42 Å². The molecule has 3 fully saturated rings. The van der Waals surface area contributed by atoms with Crippen LogP contribution in [0.3, 0.4) is 0 Å². The van der Waals surface area contributed by atoms with Crippen LogP contribution < -0.4 is 10.2 Å². The Kier molecular flexibility index (Phi) is 5.87. The molecule has 36 heavy (non-hydrogen) atoms. The maximum absolute atomic E-state index is 13.4. The molecule has 13 heteroatoms. The lowest BCUT2D eigenvalue weighted by Crippen LogP contribution is -2.64. The standard InChI is InChI=1S/C23H29N9O2S2/c1-14-8-20(29-28-14)25-21-19-6-7-35-22(19)27-23(26-21)30(2)18-9-16-4-3-5-17(10-18)32(16)36(33,34)31-12-15(11-24)13-31/h6-8,15-18H,3-5,9-10,12-13H2,1-2H3,(H2,25,26,27,28,29)/t16-,17+,18-. The van der Waals surface area contributed by atoms with E-state index in [-0.39, 0.29) is 24.0 Å². The Bertz CT molecular complexity index is 1410. The molecule has 3 aromatic rings. The van der Waals surface area contributed by atoms with Crippen LogP contribution in [0.5, 0.6) is 0 Å².